The van der Waals surface area contributed by atoms with Gasteiger partial charge in [0.2, 0.25) is 53.2 Å². The molecular weight excluding hydrogens is 1040 g/mol. The molecule has 0 unspecified atom stereocenters. The number of phenols is 2. The van der Waals surface area contributed by atoms with Gasteiger partial charge in [-0.25, -0.2) is 4.79 Å². The summed E-state index contributed by atoms with van der Waals surface area (Å²) < 4.78 is 0. The Labute approximate surface area is 463 Å². The molecule has 440 valence electrons. The Morgan fingerprint density at radius 2 is 0.975 bits per heavy atom. The van der Waals surface area contributed by atoms with E-state index >= 15 is 0 Å². The van der Waals surface area contributed by atoms with Crippen LogP contribution in [-0.2, 0) is 65.6 Å². The number of hydrogen-bond donors (Lipinski definition) is 13. The number of hydrogen-bond acceptors (Lipinski definition) is 15. The number of benzene rings is 2. The zero-order chi connectivity index (χ0) is 59.7. The smallest absolute Gasteiger partial charge is 0.326 e. The molecule has 0 bridgehead atoms. The third kappa shape index (κ3) is 18.6. The van der Waals surface area contributed by atoms with Gasteiger partial charge in [-0.3, -0.25) is 47.9 Å². The summed E-state index contributed by atoms with van der Waals surface area (Å²) in [6, 6.07) is -2.31. The number of nitrogens with zero attached hydrogens (tertiary/aromatic N) is 2. The molecule has 0 radical (unpaired) electrons. The summed E-state index contributed by atoms with van der Waals surface area (Å²) in [6.07, 6.45) is -0.231. The average Bonchev–Trinajstić information content (AvgIpc) is 4.11. The van der Waals surface area contributed by atoms with Crippen LogP contribution in [-0.4, -0.2) is 181 Å². The van der Waals surface area contributed by atoms with Crippen molar-refractivity contribution in [2.24, 2.45) is 23.5 Å². The maximum Gasteiger partial charge on any atom is 0.326 e. The number of carboxylic acids is 2. The molecule has 0 saturated carbocycles. The highest BCUT2D eigenvalue weighted by Crippen LogP contribution is 2.22. The van der Waals surface area contributed by atoms with Crippen molar-refractivity contribution in [2.45, 2.75) is 160 Å². The van der Waals surface area contributed by atoms with Crippen molar-refractivity contribution in [3.8, 4) is 11.5 Å². The van der Waals surface area contributed by atoms with E-state index in [1.54, 1.807) is 41.5 Å². The summed E-state index contributed by atoms with van der Waals surface area (Å²) in [6.45, 7) is 11.1. The first-order valence-electron chi connectivity index (χ1n) is 26.7. The predicted molar refractivity (Wildman–Crippen MR) is 286 cm³/mol. The number of carbonyl (C=O) groups excluding carboxylic acids is 9. The van der Waals surface area contributed by atoms with E-state index in [9.17, 15) is 78.3 Å². The van der Waals surface area contributed by atoms with Crippen LogP contribution in [0.2, 0.25) is 0 Å². The molecule has 2 aliphatic rings. The fraction of sp³-hybridized carbons (Fsp3) is 0.574. The average molecular weight is 1120 g/mol. The van der Waals surface area contributed by atoms with Gasteiger partial charge in [0.15, 0.2) is 0 Å². The highest BCUT2D eigenvalue weighted by atomic mass is 16.4. The molecule has 9 amide bonds. The summed E-state index contributed by atoms with van der Waals surface area (Å²) in [5.74, 6) is -11.6. The van der Waals surface area contributed by atoms with Gasteiger partial charge in [-0.15, -0.1) is 0 Å². The molecule has 0 spiro atoms. The number of aliphatic carboxylic acids is 2. The number of amides is 9. The van der Waals surface area contributed by atoms with Crippen molar-refractivity contribution in [1.29, 1.82) is 0 Å². The lowest BCUT2D eigenvalue weighted by atomic mass is 10.00. The van der Waals surface area contributed by atoms with Gasteiger partial charge in [0.25, 0.3) is 0 Å². The lowest BCUT2D eigenvalue weighted by molar-refractivity contribution is -0.144. The second-order valence-electron chi connectivity index (χ2n) is 21.4. The molecule has 2 aromatic rings. The molecule has 26 nitrogen and oxygen atoms in total. The van der Waals surface area contributed by atoms with Gasteiger partial charge >= 0.3 is 11.9 Å². The molecule has 2 saturated heterocycles. The van der Waals surface area contributed by atoms with E-state index < -0.39 is 139 Å². The van der Waals surface area contributed by atoms with Gasteiger partial charge in [-0.2, -0.15) is 0 Å². The largest absolute Gasteiger partial charge is 0.508 e. The molecule has 14 N–H and O–H groups in total. The van der Waals surface area contributed by atoms with Crippen LogP contribution in [0.25, 0.3) is 0 Å². The fourth-order valence-electron chi connectivity index (χ4n) is 9.23. The van der Waals surface area contributed by atoms with Crippen molar-refractivity contribution >= 4 is 65.1 Å². The van der Waals surface area contributed by atoms with Crippen molar-refractivity contribution in [1.82, 2.24) is 47.0 Å². The van der Waals surface area contributed by atoms with Crippen LogP contribution in [0, 0.1) is 17.8 Å². The van der Waals surface area contributed by atoms with E-state index in [4.69, 9.17) is 5.73 Å². The molecule has 80 heavy (non-hydrogen) atoms. The van der Waals surface area contributed by atoms with Crippen molar-refractivity contribution in [3.63, 3.8) is 0 Å². The Kier molecular flexibility index (Phi) is 24.2. The molecule has 0 aliphatic carbocycles. The Morgan fingerprint density at radius 1 is 0.537 bits per heavy atom. The Hall–Kier alpha value is -7.87. The van der Waals surface area contributed by atoms with E-state index in [1.165, 1.54) is 60.4 Å². The van der Waals surface area contributed by atoms with Crippen molar-refractivity contribution < 1.29 is 78.3 Å². The van der Waals surface area contributed by atoms with Crippen LogP contribution in [0.1, 0.15) is 98.1 Å². The summed E-state index contributed by atoms with van der Waals surface area (Å²) in [5, 5.41) is 67.0. The normalized spacial score (nSPS) is 18.1. The quantitative estimate of drug-likeness (QED) is 0.0462. The minimum atomic E-state index is -1.83. The first-order valence-corrected chi connectivity index (χ1v) is 26.7. The van der Waals surface area contributed by atoms with Crippen LogP contribution in [0.3, 0.4) is 0 Å². The van der Waals surface area contributed by atoms with Gasteiger partial charge in [0.1, 0.15) is 65.9 Å². The second-order valence-corrected chi connectivity index (χ2v) is 21.4. The van der Waals surface area contributed by atoms with Crippen molar-refractivity contribution in [3.05, 3.63) is 59.7 Å². The minimum Gasteiger partial charge on any atom is -0.508 e. The number of carbonyl (C=O) groups is 11. The van der Waals surface area contributed by atoms with Crippen LogP contribution < -0.4 is 43.0 Å². The molecule has 10 atom stereocenters. The van der Waals surface area contributed by atoms with Crippen LogP contribution in [0.15, 0.2) is 48.5 Å². The van der Waals surface area contributed by atoms with E-state index in [0.29, 0.717) is 36.9 Å². The Bertz CT molecular complexity index is 2540. The Morgan fingerprint density at radius 3 is 1.45 bits per heavy atom. The number of carboxylic acid groups (broad SMARTS) is 2. The van der Waals surface area contributed by atoms with E-state index in [0.717, 1.165) is 4.90 Å². The molecule has 2 aromatic carbocycles. The van der Waals surface area contributed by atoms with Gasteiger partial charge < -0.3 is 78.3 Å². The third-order valence-corrected chi connectivity index (χ3v) is 13.8. The summed E-state index contributed by atoms with van der Waals surface area (Å²) in [7, 11) is 0. The van der Waals surface area contributed by atoms with E-state index in [1.807, 2.05) is 0 Å². The number of nitrogens with one attached hydrogen (secondary N) is 7. The number of rotatable bonds is 28. The number of aliphatic hydroxyl groups excluding tert-OH is 1. The SMILES string of the molecule is CC(C)C[C@H](NC(=O)[C@H](Cc1ccc(O)cc1)NC(=O)[C@H](C)NC(=O)[C@@H]1CCCN1C(=O)[C@H](CO)NC(=O)[C@@H](NC(=O)[C@@H]1CCCN1C(=O)[C@@H](N)C(C)C)C(C)C)C(=O)N[C@@H](CC(=O)O)C(=O)N[C@@H](Cc1ccc(O)cc1)C(=O)O. The molecule has 4 rings (SSSR count). The number of likely N-dealkylation sites (tertiary alicyclic amines) is 2. The maximum absolute atomic E-state index is 14.2. The van der Waals surface area contributed by atoms with Crippen LogP contribution in [0.5, 0.6) is 11.5 Å². The number of aromatic hydroxyl groups is 2. The third-order valence-electron chi connectivity index (χ3n) is 13.8. The van der Waals surface area contributed by atoms with E-state index in [-0.39, 0.29) is 61.5 Å². The zero-order valence-corrected chi connectivity index (χ0v) is 46.1. The lowest BCUT2D eigenvalue weighted by Crippen LogP contribution is -2.61. The summed E-state index contributed by atoms with van der Waals surface area (Å²) in [5.41, 5.74) is 6.93. The van der Waals surface area contributed by atoms with Gasteiger partial charge in [0, 0.05) is 25.9 Å². The zero-order valence-electron chi connectivity index (χ0n) is 46.1. The van der Waals surface area contributed by atoms with Gasteiger partial charge in [-0.05, 0) is 92.2 Å². The number of aliphatic hydroxyl groups is 1. The first-order chi connectivity index (χ1) is 37.6. The summed E-state index contributed by atoms with van der Waals surface area (Å²) >= 11 is 0. The molecule has 0 aromatic heterocycles. The van der Waals surface area contributed by atoms with E-state index in [2.05, 4.69) is 37.2 Å². The number of phenolic OH excluding ortho intramolecular Hbond substituents is 2. The monoisotopic (exact) mass is 1120 g/mol. The minimum absolute atomic E-state index is 0.0316. The highest BCUT2D eigenvalue weighted by molar-refractivity contribution is 5.99. The topological polar surface area (TPSA) is 406 Å². The van der Waals surface area contributed by atoms with Crippen LogP contribution in [0.4, 0.5) is 0 Å². The van der Waals surface area contributed by atoms with Crippen molar-refractivity contribution in [2.75, 3.05) is 19.7 Å². The molecule has 2 fully saturated rings. The molecule has 2 heterocycles. The summed E-state index contributed by atoms with van der Waals surface area (Å²) in [4.78, 5) is 151. The van der Waals surface area contributed by atoms with Gasteiger partial charge in [-0.1, -0.05) is 65.8 Å². The number of nitrogens with two attached hydrogens (primary N) is 1. The highest BCUT2D eigenvalue weighted by Gasteiger charge is 2.42. The van der Waals surface area contributed by atoms with Crippen LogP contribution >= 0.6 is 0 Å². The maximum atomic E-state index is 14.2. The first kappa shape index (κ1) is 64.7. The molecular formula is C54H78N10O16. The van der Waals surface area contributed by atoms with Gasteiger partial charge in [0.05, 0.1) is 19.1 Å². The Balaban J connectivity index is 1.46. The predicted octanol–water partition coefficient (Wildman–Crippen LogP) is -1.48. The molecule has 2 aliphatic heterocycles. The molecule has 26 heteroatoms. The second kappa shape index (κ2) is 29.9. The fourth-order valence-corrected chi connectivity index (χ4v) is 9.23. The standard InChI is InChI=1S/C54H78N10O16/c1-27(2)22-35(46(71)59-37(25-42(68)69)48(73)60-38(54(79)80)24-32-14-18-34(67)19-15-32)58-47(72)36(23-31-12-16-33(66)17-13-31)57-45(70)30(7)56-49(74)40-10-8-20-63(40)52(77)39(26-65)61-51(76)44(29(5)6)62-50(75)41-11-9-21-64(41)53(78)43(55)28(3)4/h12-19,27-30,35-41,43-44,65-67H,8-11,20-26,55H2,1-7H3,(H,56,74)(H,57,70)(H,58,72)(H,59,71)(H,60,73)(H,61,76)(H,62,75)(H,68,69)(H,79,80)/t30-,35-,36-,37-,38-,39-,40-,41-,43-,44-/m0/s1. The lowest BCUT2D eigenvalue weighted by Gasteiger charge is -2.31.